The fourth-order valence-electron chi connectivity index (χ4n) is 2.14. The van der Waals surface area contributed by atoms with E-state index in [0.717, 1.165) is 25.7 Å². The van der Waals surface area contributed by atoms with Crippen LogP contribution in [0.15, 0.2) is 0 Å². The van der Waals surface area contributed by atoms with Crippen molar-refractivity contribution in [3.05, 3.63) is 0 Å². The monoisotopic (exact) mass is 283 g/mol. The van der Waals surface area contributed by atoms with E-state index in [-0.39, 0.29) is 24.9 Å². The molecule has 3 amide bonds. The van der Waals surface area contributed by atoms with E-state index >= 15 is 0 Å². The molecule has 4 N–H and O–H groups in total. The molecule has 1 atom stereocenters. The van der Waals surface area contributed by atoms with E-state index in [9.17, 15) is 14.4 Å². The van der Waals surface area contributed by atoms with Crippen LogP contribution >= 0.6 is 0 Å². The number of rotatable bonds is 8. The molecule has 20 heavy (non-hydrogen) atoms. The van der Waals surface area contributed by atoms with Crippen LogP contribution in [0.1, 0.15) is 38.5 Å². The van der Waals surface area contributed by atoms with E-state index in [4.69, 9.17) is 10.8 Å². The lowest BCUT2D eigenvalue weighted by molar-refractivity contribution is -0.139. The third kappa shape index (κ3) is 4.40. The Balaban J connectivity index is 1.87. The molecule has 2 saturated carbocycles. The molecule has 0 aromatic rings. The highest BCUT2D eigenvalue weighted by Crippen LogP contribution is 2.34. The molecule has 0 unspecified atom stereocenters. The fourth-order valence-corrected chi connectivity index (χ4v) is 2.14. The lowest BCUT2D eigenvalue weighted by Gasteiger charge is -2.25. The first-order valence-corrected chi connectivity index (χ1v) is 7.05. The van der Waals surface area contributed by atoms with Crippen molar-refractivity contribution in [2.24, 2.45) is 11.7 Å². The van der Waals surface area contributed by atoms with Crippen molar-refractivity contribution in [2.45, 2.75) is 50.6 Å². The molecule has 2 aliphatic rings. The number of nitrogens with zero attached hydrogens (tertiary/aromatic N) is 1. The summed E-state index contributed by atoms with van der Waals surface area (Å²) in [5, 5.41) is 11.6. The van der Waals surface area contributed by atoms with Crippen molar-refractivity contribution in [3.63, 3.8) is 0 Å². The number of hydrogen-bond acceptors (Lipinski definition) is 3. The van der Waals surface area contributed by atoms with Gasteiger partial charge in [-0.25, -0.2) is 9.59 Å². The first-order valence-electron chi connectivity index (χ1n) is 7.05. The molecule has 0 aromatic carbocycles. The minimum atomic E-state index is -1.14. The van der Waals surface area contributed by atoms with E-state index in [2.05, 4.69) is 5.32 Å². The van der Waals surface area contributed by atoms with Gasteiger partial charge in [-0.15, -0.1) is 0 Å². The van der Waals surface area contributed by atoms with Gasteiger partial charge in [0, 0.05) is 19.0 Å². The van der Waals surface area contributed by atoms with Crippen LogP contribution in [0.5, 0.6) is 0 Å². The van der Waals surface area contributed by atoms with E-state index < -0.39 is 17.9 Å². The Hall–Kier alpha value is -1.79. The summed E-state index contributed by atoms with van der Waals surface area (Å²) in [6, 6.07) is -1.15. The summed E-state index contributed by atoms with van der Waals surface area (Å²) in [6.07, 6.45) is 4.22. The van der Waals surface area contributed by atoms with Gasteiger partial charge in [0.2, 0.25) is 5.91 Å². The smallest absolute Gasteiger partial charge is 0.326 e. The molecule has 0 aromatic heterocycles. The topological polar surface area (TPSA) is 113 Å². The first-order chi connectivity index (χ1) is 9.47. The summed E-state index contributed by atoms with van der Waals surface area (Å²) in [7, 11) is 0. The maximum Gasteiger partial charge on any atom is 0.326 e. The summed E-state index contributed by atoms with van der Waals surface area (Å²) in [5.74, 6) is -1.14. The molecule has 0 saturated heterocycles. The minimum Gasteiger partial charge on any atom is -0.480 e. The Morgan fingerprint density at radius 2 is 1.90 bits per heavy atom. The van der Waals surface area contributed by atoms with Crippen molar-refractivity contribution in [1.29, 1.82) is 0 Å². The average molecular weight is 283 g/mol. The van der Waals surface area contributed by atoms with Gasteiger partial charge < -0.3 is 21.1 Å². The van der Waals surface area contributed by atoms with Crippen molar-refractivity contribution in [1.82, 2.24) is 10.2 Å². The van der Waals surface area contributed by atoms with Gasteiger partial charge in [-0.3, -0.25) is 4.79 Å². The van der Waals surface area contributed by atoms with Crippen LogP contribution in [0, 0.1) is 5.92 Å². The zero-order chi connectivity index (χ0) is 14.7. The molecule has 0 spiro atoms. The van der Waals surface area contributed by atoms with E-state index in [1.165, 1.54) is 0 Å². The third-order valence-corrected chi connectivity index (χ3v) is 3.68. The van der Waals surface area contributed by atoms with E-state index in [1.54, 1.807) is 4.90 Å². The number of carbonyl (C=O) groups is 3. The highest BCUT2D eigenvalue weighted by molar-refractivity contribution is 5.83. The highest BCUT2D eigenvalue weighted by atomic mass is 16.4. The average Bonchev–Trinajstić information content (AvgIpc) is 3.24. The maximum atomic E-state index is 12.2. The number of carbonyl (C=O) groups excluding carboxylic acids is 2. The number of nitrogens with two attached hydrogens (primary N) is 1. The van der Waals surface area contributed by atoms with Gasteiger partial charge in [-0.05, 0) is 38.0 Å². The number of amides is 3. The summed E-state index contributed by atoms with van der Waals surface area (Å²) in [4.78, 5) is 35.8. The van der Waals surface area contributed by atoms with Crippen LogP contribution in [0.25, 0.3) is 0 Å². The zero-order valence-electron chi connectivity index (χ0n) is 11.4. The number of nitrogens with one attached hydrogen (secondary N) is 1. The second kappa shape index (κ2) is 6.11. The van der Waals surface area contributed by atoms with Gasteiger partial charge in [-0.2, -0.15) is 0 Å². The van der Waals surface area contributed by atoms with Gasteiger partial charge in [-0.1, -0.05) is 0 Å². The maximum absolute atomic E-state index is 12.2. The molecule has 112 valence electrons. The lowest BCUT2D eigenvalue weighted by atomic mass is 10.1. The molecular weight excluding hydrogens is 262 g/mol. The Morgan fingerprint density at radius 1 is 1.25 bits per heavy atom. The summed E-state index contributed by atoms with van der Waals surface area (Å²) < 4.78 is 0. The minimum absolute atomic E-state index is 0.0261. The van der Waals surface area contributed by atoms with Crippen LogP contribution in [0.4, 0.5) is 4.79 Å². The standard InChI is InChI=1S/C13H21N3O4/c14-11(17)6-5-10(12(18)19)15-13(20)16(9-3-4-9)7-8-1-2-8/h8-10H,1-7H2,(H2,14,17)(H,15,20)(H,18,19)/t10-/m1/s1. The zero-order valence-corrected chi connectivity index (χ0v) is 11.4. The van der Waals surface area contributed by atoms with Gasteiger partial charge in [0.25, 0.3) is 0 Å². The lowest BCUT2D eigenvalue weighted by Crippen LogP contribution is -2.49. The quantitative estimate of drug-likeness (QED) is 0.594. The van der Waals surface area contributed by atoms with Gasteiger partial charge in [0.15, 0.2) is 0 Å². The van der Waals surface area contributed by atoms with Crippen LogP contribution in [0.2, 0.25) is 0 Å². The van der Waals surface area contributed by atoms with Crippen molar-refractivity contribution >= 4 is 17.9 Å². The van der Waals surface area contributed by atoms with Crippen LogP contribution in [-0.4, -0.2) is 46.5 Å². The largest absolute Gasteiger partial charge is 0.480 e. The van der Waals surface area contributed by atoms with Gasteiger partial charge in [0.05, 0.1) is 0 Å². The second-order valence-corrected chi connectivity index (χ2v) is 5.67. The van der Waals surface area contributed by atoms with Crippen molar-refractivity contribution < 1.29 is 19.5 Å². The Morgan fingerprint density at radius 3 is 2.35 bits per heavy atom. The number of carboxylic acid groups (broad SMARTS) is 1. The summed E-state index contributed by atoms with van der Waals surface area (Å²) in [6.45, 7) is 0.707. The van der Waals surface area contributed by atoms with E-state index in [0.29, 0.717) is 12.5 Å². The predicted molar refractivity (Wildman–Crippen MR) is 70.8 cm³/mol. The number of primary amides is 1. The number of aliphatic carboxylic acids is 1. The SMILES string of the molecule is NC(=O)CC[C@@H](NC(=O)N(CC1CC1)C1CC1)C(=O)O. The van der Waals surface area contributed by atoms with Crippen LogP contribution in [0.3, 0.4) is 0 Å². The fraction of sp³-hybridized carbons (Fsp3) is 0.769. The van der Waals surface area contributed by atoms with E-state index in [1.807, 2.05) is 0 Å². The molecule has 7 heteroatoms. The van der Waals surface area contributed by atoms with Gasteiger partial charge >= 0.3 is 12.0 Å². The third-order valence-electron chi connectivity index (χ3n) is 3.68. The molecule has 2 fully saturated rings. The normalized spacial score (nSPS) is 19.2. The number of urea groups is 1. The number of hydrogen-bond donors (Lipinski definition) is 3. The molecular formula is C13H21N3O4. The molecule has 0 bridgehead atoms. The molecule has 0 radical (unpaired) electrons. The second-order valence-electron chi connectivity index (χ2n) is 5.67. The van der Waals surface area contributed by atoms with Crippen molar-refractivity contribution in [3.8, 4) is 0 Å². The van der Waals surface area contributed by atoms with Crippen LogP contribution in [-0.2, 0) is 9.59 Å². The highest BCUT2D eigenvalue weighted by Gasteiger charge is 2.37. The molecule has 2 rings (SSSR count). The first kappa shape index (κ1) is 14.6. The van der Waals surface area contributed by atoms with Gasteiger partial charge in [0.1, 0.15) is 6.04 Å². The van der Waals surface area contributed by atoms with Crippen LogP contribution < -0.4 is 11.1 Å². The Bertz CT molecular complexity index is 404. The molecule has 0 heterocycles. The molecule has 2 aliphatic carbocycles. The Kier molecular flexibility index (Phi) is 4.46. The molecule has 7 nitrogen and oxygen atoms in total. The van der Waals surface area contributed by atoms with Crippen molar-refractivity contribution in [2.75, 3.05) is 6.54 Å². The summed E-state index contributed by atoms with van der Waals surface area (Å²) >= 11 is 0. The Labute approximate surface area is 117 Å². The summed E-state index contributed by atoms with van der Waals surface area (Å²) in [5.41, 5.74) is 5.01. The molecule has 0 aliphatic heterocycles. The number of carboxylic acids is 1. The predicted octanol–water partition coefficient (Wildman–Crippen LogP) is 0.289.